The zero-order valence-electron chi connectivity index (χ0n) is 11.1. The smallest absolute Gasteiger partial charge is 0.262 e. The number of hydrogen-bond acceptors (Lipinski definition) is 5. The van der Waals surface area contributed by atoms with Gasteiger partial charge in [0.1, 0.15) is 6.04 Å². The molecule has 2 aromatic heterocycles. The number of hydrogen-bond donors (Lipinski definition) is 1. The van der Waals surface area contributed by atoms with E-state index in [2.05, 4.69) is 15.5 Å². The first-order chi connectivity index (χ1) is 9.63. The summed E-state index contributed by atoms with van der Waals surface area (Å²) in [5, 5.41) is 7.65. The van der Waals surface area contributed by atoms with Crippen LogP contribution in [-0.2, 0) is 0 Å². The third kappa shape index (κ3) is 2.42. The lowest BCUT2D eigenvalue weighted by molar-refractivity contribution is 0.0936. The molecule has 1 atom stereocenters. The van der Waals surface area contributed by atoms with E-state index in [0.29, 0.717) is 16.6 Å². The van der Waals surface area contributed by atoms with E-state index < -0.39 is 0 Å². The van der Waals surface area contributed by atoms with E-state index >= 15 is 0 Å². The molecule has 2 heterocycles. The molecule has 0 aliphatic heterocycles. The number of carbonyl (C=O) groups is 1. The van der Waals surface area contributed by atoms with Crippen LogP contribution in [-0.4, -0.2) is 16.0 Å². The Bertz CT molecular complexity index is 729. The summed E-state index contributed by atoms with van der Waals surface area (Å²) in [6.45, 7) is 3.56. The van der Waals surface area contributed by atoms with Gasteiger partial charge in [-0.05, 0) is 31.4 Å². The molecule has 3 aromatic rings. The standard InChI is InChI=1S/C14H13N3O2S/c1-8(14-16-9(2)17-19-14)15-13(18)12-7-10-5-3-4-6-11(10)20-12/h3-8H,1-2H3,(H,15,18)/t8-/m1/s1. The van der Waals surface area contributed by atoms with Crippen LogP contribution in [0.5, 0.6) is 0 Å². The van der Waals surface area contributed by atoms with Crippen LogP contribution in [0.1, 0.15) is 34.4 Å². The van der Waals surface area contributed by atoms with Crippen LogP contribution in [0, 0.1) is 6.92 Å². The normalized spacial score (nSPS) is 12.5. The topological polar surface area (TPSA) is 68.0 Å². The molecule has 0 aliphatic rings. The molecule has 0 spiro atoms. The van der Waals surface area contributed by atoms with Gasteiger partial charge in [-0.15, -0.1) is 11.3 Å². The van der Waals surface area contributed by atoms with Crippen LogP contribution < -0.4 is 5.32 Å². The molecule has 0 bridgehead atoms. The summed E-state index contributed by atoms with van der Waals surface area (Å²) in [6.07, 6.45) is 0. The molecule has 0 unspecified atom stereocenters. The van der Waals surface area contributed by atoms with Gasteiger partial charge in [-0.25, -0.2) is 0 Å². The number of thiophene rings is 1. The number of fused-ring (bicyclic) bond motifs is 1. The average molecular weight is 287 g/mol. The second-order valence-corrected chi connectivity index (χ2v) is 5.61. The van der Waals surface area contributed by atoms with Crippen LogP contribution in [0.4, 0.5) is 0 Å². The summed E-state index contributed by atoms with van der Waals surface area (Å²) in [4.78, 5) is 17.0. The van der Waals surface area contributed by atoms with Crippen LogP contribution in [0.25, 0.3) is 10.1 Å². The van der Waals surface area contributed by atoms with E-state index in [-0.39, 0.29) is 11.9 Å². The van der Waals surface area contributed by atoms with Crippen molar-refractivity contribution >= 4 is 27.3 Å². The van der Waals surface area contributed by atoms with Crippen LogP contribution >= 0.6 is 11.3 Å². The third-order valence-electron chi connectivity index (χ3n) is 2.91. The molecule has 1 aromatic carbocycles. The highest BCUT2D eigenvalue weighted by atomic mass is 32.1. The van der Waals surface area contributed by atoms with E-state index in [9.17, 15) is 4.79 Å². The molecule has 0 radical (unpaired) electrons. The van der Waals surface area contributed by atoms with Crippen LogP contribution in [0.2, 0.25) is 0 Å². The quantitative estimate of drug-likeness (QED) is 0.803. The number of aryl methyl sites for hydroxylation is 1. The molecule has 6 heteroatoms. The van der Waals surface area contributed by atoms with Crippen molar-refractivity contribution in [3.8, 4) is 0 Å². The number of amides is 1. The molecule has 102 valence electrons. The van der Waals surface area contributed by atoms with Gasteiger partial charge in [0.25, 0.3) is 5.91 Å². The minimum absolute atomic E-state index is 0.130. The molecule has 3 rings (SSSR count). The molecule has 0 saturated heterocycles. The van der Waals surface area contributed by atoms with Gasteiger partial charge < -0.3 is 9.84 Å². The molecular formula is C14H13N3O2S. The maximum atomic E-state index is 12.2. The first-order valence-corrected chi connectivity index (χ1v) is 7.05. The Balaban J connectivity index is 1.78. The van der Waals surface area contributed by atoms with Crippen molar-refractivity contribution < 1.29 is 9.32 Å². The second-order valence-electron chi connectivity index (χ2n) is 4.52. The summed E-state index contributed by atoms with van der Waals surface area (Å²) >= 11 is 1.47. The molecule has 20 heavy (non-hydrogen) atoms. The van der Waals surface area contributed by atoms with E-state index in [4.69, 9.17) is 4.52 Å². The zero-order chi connectivity index (χ0) is 14.1. The van der Waals surface area contributed by atoms with E-state index in [1.165, 1.54) is 11.3 Å². The molecule has 1 amide bonds. The molecule has 1 N–H and O–H groups in total. The predicted octanol–water partition coefficient (Wildman–Crippen LogP) is 3.08. The molecule has 0 saturated carbocycles. The monoisotopic (exact) mass is 287 g/mol. The summed E-state index contributed by atoms with van der Waals surface area (Å²) in [5.41, 5.74) is 0. The fraction of sp³-hybridized carbons (Fsp3) is 0.214. The van der Waals surface area contributed by atoms with Gasteiger partial charge in [-0.1, -0.05) is 23.4 Å². The van der Waals surface area contributed by atoms with Crippen molar-refractivity contribution in [2.75, 3.05) is 0 Å². The summed E-state index contributed by atoms with van der Waals surface area (Å²) in [5.74, 6) is 0.842. The zero-order valence-corrected chi connectivity index (χ0v) is 11.9. The second kappa shape index (κ2) is 5.05. The number of nitrogens with one attached hydrogen (secondary N) is 1. The average Bonchev–Trinajstić information content (AvgIpc) is 3.04. The fourth-order valence-electron chi connectivity index (χ4n) is 1.91. The highest BCUT2D eigenvalue weighted by Gasteiger charge is 2.17. The molecular weight excluding hydrogens is 274 g/mol. The van der Waals surface area contributed by atoms with E-state index in [0.717, 1.165) is 10.1 Å². The van der Waals surface area contributed by atoms with Gasteiger partial charge in [0.2, 0.25) is 5.89 Å². The number of rotatable bonds is 3. The number of nitrogens with zero attached hydrogens (tertiary/aromatic N) is 2. The van der Waals surface area contributed by atoms with E-state index in [1.807, 2.05) is 37.3 Å². The van der Waals surface area contributed by atoms with Gasteiger partial charge >= 0.3 is 0 Å². The van der Waals surface area contributed by atoms with Gasteiger partial charge in [-0.3, -0.25) is 4.79 Å². The Kier molecular flexibility index (Phi) is 3.23. The highest BCUT2D eigenvalue weighted by molar-refractivity contribution is 7.20. The SMILES string of the molecule is Cc1noc([C@@H](C)NC(=O)c2cc3ccccc3s2)n1. The third-order valence-corrected chi connectivity index (χ3v) is 4.03. The van der Waals surface area contributed by atoms with Gasteiger partial charge in [-0.2, -0.15) is 4.98 Å². The van der Waals surface area contributed by atoms with Crippen molar-refractivity contribution in [2.45, 2.75) is 19.9 Å². The Morgan fingerprint density at radius 1 is 1.40 bits per heavy atom. The number of carbonyl (C=O) groups excluding carboxylic acids is 1. The lowest BCUT2D eigenvalue weighted by Crippen LogP contribution is -2.26. The Hall–Kier alpha value is -2.21. The summed E-state index contributed by atoms with van der Waals surface area (Å²) < 4.78 is 6.15. The maximum Gasteiger partial charge on any atom is 0.262 e. The van der Waals surface area contributed by atoms with Gasteiger partial charge in [0, 0.05) is 4.70 Å². The van der Waals surface area contributed by atoms with Gasteiger partial charge in [0.15, 0.2) is 5.82 Å². The minimum atomic E-state index is -0.311. The lowest BCUT2D eigenvalue weighted by Gasteiger charge is -2.07. The minimum Gasteiger partial charge on any atom is -0.340 e. The Morgan fingerprint density at radius 2 is 2.20 bits per heavy atom. The largest absolute Gasteiger partial charge is 0.340 e. The van der Waals surface area contributed by atoms with Crippen LogP contribution in [0.3, 0.4) is 0 Å². The Labute approximate surface area is 119 Å². The first-order valence-electron chi connectivity index (χ1n) is 6.23. The predicted molar refractivity (Wildman–Crippen MR) is 76.7 cm³/mol. The van der Waals surface area contributed by atoms with Crippen molar-refractivity contribution in [1.82, 2.24) is 15.5 Å². The van der Waals surface area contributed by atoms with Crippen molar-refractivity contribution in [2.24, 2.45) is 0 Å². The van der Waals surface area contributed by atoms with Crippen molar-refractivity contribution in [1.29, 1.82) is 0 Å². The van der Waals surface area contributed by atoms with Crippen LogP contribution in [0.15, 0.2) is 34.9 Å². The van der Waals surface area contributed by atoms with Crippen molar-refractivity contribution in [3.05, 3.63) is 46.9 Å². The summed E-state index contributed by atoms with van der Waals surface area (Å²) in [6, 6.07) is 9.50. The molecule has 5 nitrogen and oxygen atoms in total. The van der Waals surface area contributed by atoms with Gasteiger partial charge in [0.05, 0.1) is 4.88 Å². The lowest BCUT2D eigenvalue weighted by atomic mass is 10.2. The van der Waals surface area contributed by atoms with Crippen molar-refractivity contribution in [3.63, 3.8) is 0 Å². The number of benzene rings is 1. The number of aromatic nitrogens is 2. The maximum absolute atomic E-state index is 12.2. The Morgan fingerprint density at radius 3 is 2.90 bits per heavy atom. The summed E-state index contributed by atoms with van der Waals surface area (Å²) in [7, 11) is 0. The molecule has 0 fully saturated rings. The first kappa shape index (κ1) is 12.8. The fourth-order valence-corrected chi connectivity index (χ4v) is 2.88. The molecule has 0 aliphatic carbocycles. The van der Waals surface area contributed by atoms with E-state index in [1.54, 1.807) is 6.92 Å². The highest BCUT2D eigenvalue weighted by Crippen LogP contribution is 2.25.